The lowest BCUT2D eigenvalue weighted by Crippen LogP contribution is -2.39. The third-order valence-electron chi connectivity index (χ3n) is 4.78. The summed E-state index contributed by atoms with van der Waals surface area (Å²) in [4.78, 5) is 31.0. The molecule has 0 spiro atoms. The standard InChI is InChI=1S/C22H16Cl2N2O3S/c1-12-18(21(28)29-2)19(14-5-9-16(24)10-6-14)26-20(27)17(30-22(26)25-12)11-13-3-7-15(23)8-4-13/h3-11,19H,1-2H3. The van der Waals surface area contributed by atoms with Crippen molar-refractivity contribution >= 4 is 46.6 Å². The summed E-state index contributed by atoms with van der Waals surface area (Å²) in [6, 6.07) is 13.6. The lowest BCUT2D eigenvalue weighted by atomic mass is 9.96. The molecule has 0 N–H and O–H groups in total. The van der Waals surface area contributed by atoms with E-state index in [0.717, 1.165) is 11.1 Å². The summed E-state index contributed by atoms with van der Waals surface area (Å²) in [5.41, 5.74) is 2.19. The van der Waals surface area contributed by atoms with E-state index >= 15 is 0 Å². The molecule has 1 aliphatic rings. The van der Waals surface area contributed by atoms with Gasteiger partial charge in [0.15, 0.2) is 4.80 Å². The summed E-state index contributed by atoms with van der Waals surface area (Å²) in [5.74, 6) is -0.525. The molecule has 2 aromatic carbocycles. The molecule has 30 heavy (non-hydrogen) atoms. The van der Waals surface area contributed by atoms with Gasteiger partial charge in [0.25, 0.3) is 5.56 Å². The molecule has 0 bridgehead atoms. The SMILES string of the molecule is COC(=O)C1=C(C)N=c2sc(=Cc3ccc(Cl)cc3)c(=O)n2C1c1ccc(Cl)cc1. The van der Waals surface area contributed by atoms with E-state index in [9.17, 15) is 9.59 Å². The Morgan fingerprint density at radius 3 is 2.30 bits per heavy atom. The van der Waals surface area contributed by atoms with Crippen LogP contribution >= 0.6 is 34.5 Å². The summed E-state index contributed by atoms with van der Waals surface area (Å²) in [6.45, 7) is 1.74. The minimum atomic E-state index is -0.654. The van der Waals surface area contributed by atoms with Gasteiger partial charge in [-0.2, -0.15) is 0 Å². The maximum Gasteiger partial charge on any atom is 0.338 e. The van der Waals surface area contributed by atoms with Gasteiger partial charge in [0.2, 0.25) is 0 Å². The minimum Gasteiger partial charge on any atom is -0.466 e. The molecule has 5 nitrogen and oxygen atoms in total. The number of aromatic nitrogens is 1. The predicted molar refractivity (Wildman–Crippen MR) is 119 cm³/mol. The third-order valence-corrected chi connectivity index (χ3v) is 6.27. The van der Waals surface area contributed by atoms with Crippen molar-refractivity contribution in [1.29, 1.82) is 0 Å². The number of thiazole rings is 1. The first-order valence-corrected chi connectivity index (χ1v) is 10.6. The molecule has 0 saturated heterocycles. The van der Waals surface area contributed by atoms with Crippen molar-refractivity contribution in [2.45, 2.75) is 13.0 Å². The molecule has 3 aromatic rings. The van der Waals surface area contributed by atoms with Gasteiger partial charge in [0, 0.05) is 10.0 Å². The Hall–Kier alpha value is -2.67. The Labute approximate surface area is 186 Å². The van der Waals surface area contributed by atoms with Gasteiger partial charge in [0.05, 0.1) is 29.0 Å². The highest BCUT2D eigenvalue weighted by molar-refractivity contribution is 7.07. The smallest absolute Gasteiger partial charge is 0.338 e. The van der Waals surface area contributed by atoms with Crippen LogP contribution in [0, 0.1) is 0 Å². The molecular weight excluding hydrogens is 443 g/mol. The van der Waals surface area contributed by atoms with Crippen LogP contribution in [0.1, 0.15) is 24.1 Å². The number of rotatable bonds is 3. The number of allylic oxidation sites excluding steroid dienone is 1. The first-order chi connectivity index (χ1) is 14.4. The van der Waals surface area contributed by atoms with Crippen LogP contribution in [-0.2, 0) is 9.53 Å². The van der Waals surface area contributed by atoms with Crippen molar-refractivity contribution in [1.82, 2.24) is 4.57 Å². The van der Waals surface area contributed by atoms with E-state index in [0.29, 0.717) is 30.6 Å². The topological polar surface area (TPSA) is 60.7 Å². The second kappa shape index (κ2) is 8.22. The number of nitrogens with zero attached hydrogens (tertiary/aromatic N) is 2. The number of carbonyl (C=O) groups is 1. The number of ether oxygens (including phenoxy) is 1. The number of benzene rings is 2. The number of esters is 1. The zero-order chi connectivity index (χ0) is 21.4. The first-order valence-electron chi connectivity index (χ1n) is 9.01. The lowest BCUT2D eigenvalue weighted by molar-refractivity contribution is -0.136. The molecule has 4 rings (SSSR count). The highest BCUT2D eigenvalue weighted by Crippen LogP contribution is 2.31. The van der Waals surface area contributed by atoms with Crippen LogP contribution in [-0.4, -0.2) is 17.6 Å². The molecule has 1 atom stereocenters. The Morgan fingerprint density at radius 2 is 1.70 bits per heavy atom. The van der Waals surface area contributed by atoms with Crippen LogP contribution in [0.5, 0.6) is 0 Å². The summed E-state index contributed by atoms with van der Waals surface area (Å²) in [7, 11) is 1.31. The van der Waals surface area contributed by atoms with Gasteiger partial charge < -0.3 is 4.74 Å². The highest BCUT2D eigenvalue weighted by atomic mass is 35.5. The largest absolute Gasteiger partial charge is 0.466 e. The van der Waals surface area contributed by atoms with E-state index in [2.05, 4.69) is 4.99 Å². The molecular formula is C22H16Cl2N2O3S. The number of carbonyl (C=O) groups excluding carboxylic acids is 1. The fourth-order valence-electron chi connectivity index (χ4n) is 3.36. The van der Waals surface area contributed by atoms with Crippen molar-refractivity contribution in [3.05, 3.63) is 101 Å². The van der Waals surface area contributed by atoms with Gasteiger partial charge in [0.1, 0.15) is 0 Å². The van der Waals surface area contributed by atoms with Crippen molar-refractivity contribution in [3.8, 4) is 0 Å². The molecule has 152 valence electrons. The van der Waals surface area contributed by atoms with Crippen LogP contribution < -0.4 is 14.9 Å². The zero-order valence-electron chi connectivity index (χ0n) is 16.1. The summed E-state index contributed by atoms with van der Waals surface area (Å²) < 4.78 is 7.03. The average Bonchev–Trinajstić information content (AvgIpc) is 3.03. The number of methoxy groups -OCH3 is 1. The van der Waals surface area contributed by atoms with Crippen LogP contribution in [0.4, 0.5) is 0 Å². The number of hydrogen-bond acceptors (Lipinski definition) is 5. The van der Waals surface area contributed by atoms with E-state index in [-0.39, 0.29) is 5.56 Å². The fraction of sp³-hybridized carbons (Fsp3) is 0.136. The van der Waals surface area contributed by atoms with Crippen LogP contribution in [0.15, 0.2) is 69.6 Å². The number of fused-ring (bicyclic) bond motifs is 1. The molecule has 0 aliphatic carbocycles. The van der Waals surface area contributed by atoms with E-state index in [1.807, 2.05) is 12.1 Å². The van der Waals surface area contributed by atoms with Crippen LogP contribution in [0.3, 0.4) is 0 Å². The van der Waals surface area contributed by atoms with E-state index in [4.69, 9.17) is 27.9 Å². The van der Waals surface area contributed by atoms with Gasteiger partial charge in [-0.3, -0.25) is 9.36 Å². The number of halogens is 2. The molecule has 8 heteroatoms. The second-order valence-corrected chi connectivity index (χ2v) is 8.56. The maximum absolute atomic E-state index is 13.4. The molecule has 1 unspecified atom stereocenters. The Bertz CT molecular complexity index is 1340. The van der Waals surface area contributed by atoms with Gasteiger partial charge in [-0.25, -0.2) is 9.79 Å². The van der Waals surface area contributed by atoms with Gasteiger partial charge >= 0.3 is 5.97 Å². The van der Waals surface area contributed by atoms with Crippen LogP contribution in [0.2, 0.25) is 10.0 Å². The molecule has 1 aliphatic heterocycles. The van der Waals surface area contributed by atoms with Crippen molar-refractivity contribution in [2.24, 2.45) is 4.99 Å². The third kappa shape index (κ3) is 3.74. The fourth-order valence-corrected chi connectivity index (χ4v) is 4.66. The lowest BCUT2D eigenvalue weighted by Gasteiger charge is -2.24. The average molecular weight is 459 g/mol. The van der Waals surface area contributed by atoms with Gasteiger partial charge in [-0.15, -0.1) is 0 Å². The van der Waals surface area contributed by atoms with Gasteiger partial charge in [-0.05, 0) is 48.4 Å². The van der Waals surface area contributed by atoms with Crippen molar-refractivity contribution in [2.75, 3.05) is 7.11 Å². The Morgan fingerprint density at radius 1 is 1.10 bits per heavy atom. The molecule has 0 amide bonds. The molecule has 0 radical (unpaired) electrons. The summed E-state index contributed by atoms with van der Waals surface area (Å²) >= 11 is 13.3. The Kier molecular flexibility index (Phi) is 5.64. The molecule has 0 saturated carbocycles. The second-order valence-electron chi connectivity index (χ2n) is 6.68. The monoisotopic (exact) mass is 458 g/mol. The predicted octanol–water partition coefficient (Wildman–Crippen LogP) is 3.72. The maximum atomic E-state index is 13.4. The first kappa shape index (κ1) is 20.6. The van der Waals surface area contributed by atoms with E-state index < -0.39 is 12.0 Å². The van der Waals surface area contributed by atoms with Crippen molar-refractivity contribution in [3.63, 3.8) is 0 Å². The normalized spacial score (nSPS) is 16.3. The molecule has 1 aromatic heterocycles. The summed E-state index contributed by atoms with van der Waals surface area (Å²) in [5, 5.41) is 1.18. The van der Waals surface area contributed by atoms with Crippen LogP contribution in [0.25, 0.3) is 6.08 Å². The highest BCUT2D eigenvalue weighted by Gasteiger charge is 2.32. The quantitative estimate of drug-likeness (QED) is 0.561. The number of hydrogen-bond donors (Lipinski definition) is 0. The molecule has 2 heterocycles. The summed E-state index contributed by atoms with van der Waals surface area (Å²) in [6.07, 6.45) is 1.79. The minimum absolute atomic E-state index is 0.234. The Balaban J connectivity index is 1.96. The zero-order valence-corrected chi connectivity index (χ0v) is 18.4. The van der Waals surface area contributed by atoms with E-state index in [1.165, 1.54) is 23.0 Å². The molecule has 0 fully saturated rings. The van der Waals surface area contributed by atoms with E-state index in [1.54, 1.807) is 49.4 Å². The van der Waals surface area contributed by atoms with Crippen molar-refractivity contribution < 1.29 is 9.53 Å². The van der Waals surface area contributed by atoms with Gasteiger partial charge in [-0.1, -0.05) is 58.8 Å².